The summed E-state index contributed by atoms with van der Waals surface area (Å²) in [5, 5.41) is 5.45. The molecule has 5 nitrogen and oxygen atoms in total. The first kappa shape index (κ1) is 16.2. The van der Waals surface area contributed by atoms with Crippen LogP contribution in [0.1, 0.15) is 22.8 Å². The maximum Gasteiger partial charge on any atom is 0.275 e. The number of nitrogens with zero attached hydrogens (tertiary/aromatic N) is 2. The van der Waals surface area contributed by atoms with E-state index in [4.69, 9.17) is 16.3 Å². The van der Waals surface area contributed by atoms with Crippen LogP contribution in [0.3, 0.4) is 0 Å². The van der Waals surface area contributed by atoms with Crippen LogP contribution in [0.2, 0.25) is 5.02 Å². The number of fused-ring (bicyclic) bond motifs is 1. The van der Waals surface area contributed by atoms with Crippen molar-refractivity contribution in [1.82, 2.24) is 9.78 Å². The van der Waals surface area contributed by atoms with Crippen molar-refractivity contribution < 1.29 is 9.53 Å². The van der Waals surface area contributed by atoms with E-state index in [-0.39, 0.29) is 11.3 Å². The predicted octanol–water partition coefficient (Wildman–Crippen LogP) is 3.31. The largest absolute Gasteiger partial charge is 0.497 e. The molecule has 122 valence electrons. The standard InChI is InChI=1S/C18H15ClN2O3/c1-11(22)15-7-13(19)8-16-17(15)9-20-21(18(16)23)10-12-3-5-14(24-2)6-4-12/h3-9H,10H2,1-2H3. The van der Waals surface area contributed by atoms with Gasteiger partial charge in [-0.25, -0.2) is 4.68 Å². The molecule has 1 aromatic heterocycles. The van der Waals surface area contributed by atoms with Crippen LogP contribution in [0, 0.1) is 0 Å². The number of Topliss-reactive ketones (excluding diaryl/α,β-unsaturated/α-hetero) is 1. The predicted molar refractivity (Wildman–Crippen MR) is 93.1 cm³/mol. The Balaban J connectivity index is 2.08. The molecule has 3 rings (SSSR count). The summed E-state index contributed by atoms with van der Waals surface area (Å²) in [6, 6.07) is 10.5. The van der Waals surface area contributed by atoms with Gasteiger partial charge in [0.2, 0.25) is 0 Å². The summed E-state index contributed by atoms with van der Waals surface area (Å²) in [5.74, 6) is 0.590. The van der Waals surface area contributed by atoms with Crippen LogP contribution in [0.5, 0.6) is 5.75 Å². The van der Waals surface area contributed by atoms with Gasteiger partial charge in [-0.15, -0.1) is 0 Å². The third-order valence-corrected chi connectivity index (χ3v) is 4.02. The first-order chi connectivity index (χ1) is 11.5. The first-order valence-electron chi connectivity index (χ1n) is 7.33. The lowest BCUT2D eigenvalue weighted by Gasteiger charge is -2.09. The number of ether oxygens (including phenoxy) is 1. The fourth-order valence-corrected chi connectivity index (χ4v) is 2.78. The number of aromatic nitrogens is 2. The number of methoxy groups -OCH3 is 1. The topological polar surface area (TPSA) is 61.2 Å². The smallest absolute Gasteiger partial charge is 0.275 e. The minimum atomic E-state index is -0.284. The average Bonchev–Trinajstić information content (AvgIpc) is 2.57. The van der Waals surface area contributed by atoms with E-state index in [1.807, 2.05) is 24.3 Å². The molecule has 0 aliphatic heterocycles. The zero-order valence-electron chi connectivity index (χ0n) is 13.2. The zero-order valence-corrected chi connectivity index (χ0v) is 14.0. The second-order valence-electron chi connectivity index (χ2n) is 5.43. The Bertz CT molecular complexity index is 978. The van der Waals surface area contributed by atoms with E-state index >= 15 is 0 Å². The number of hydrogen-bond donors (Lipinski definition) is 0. The van der Waals surface area contributed by atoms with Crippen LogP contribution in [0.15, 0.2) is 47.4 Å². The van der Waals surface area contributed by atoms with E-state index < -0.39 is 0 Å². The number of rotatable bonds is 4. The molecule has 0 saturated carbocycles. The summed E-state index contributed by atoms with van der Waals surface area (Å²) in [7, 11) is 1.60. The zero-order chi connectivity index (χ0) is 17.3. The molecule has 6 heteroatoms. The quantitative estimate of drug-likeness (QED) is 0.682. The molecule has 3 aromatic rings. The maximum absolute atomic E-state index is 12.7. The molecule has 0 N–H and O–H groups in total. The molecule has 2 aromatic carbocycles. The molecule has 0 saturated heterocycles. The van der Waals surface area contributed by atoms with Crippen molar-refractivity contribution in [2.24, 2.45) is 0 Å². The molecule has 0 unspecified atom stereocenters. The van der Waals surface area contributed by atoms with Gasteiger partial charge in [0.25, 0.3) is 5.56 Å². The van der Waals surface area contributed by atoms with Crippen molar-refractivity contribution >= 4 is 28.2 Å². The molecule has 0 atom stereocenters. The number of benzene rings is 2. The summed E-state index contributed by atoms with van der Waals surface area (Å²) in [6.45, 7) is 1.76. The van der Waals surface area contributed by atoms with E-state index in [0.29, 0.717) is 27.9 Å². The lowest BCUT2D eigenvalue weighted by atomic mass is 10.0. The molecule has 1 heterocycles. The molecular weight excluding hydrogens is 328 g/mol. The number of ketones is 1. The fourth-order valence-electron chi connectivity index (χ4n) is 2.56. The van der Waals surface area contributed by atoms with Gasteiger partial charge >= 0.3 is 0 Å². The average molecular weight is 343 g/mol. The number of carbonyl (C=O) groups is 1. The third kappa shape index (κ3) is 3.03. The molecule has 0 radical (unpaired) electrons. The molecule has 0 aliphatic rings. The van der Waals surface area contributed by atoms with E-state index in [1.165, 1.54) is 17.8 Å². The van der Waals surface area contributed by atoms with Gasteiger partial charge in [-0.3, -0.25) is 9.59 Å². The van der Waals surface area contributed by atoms with Crippen molar-refractivity contribution in [2.75, 3.05) is 7.11 Å². The van der Waals surface area contributed by atoms with Crippen molar-refractivity contribution in [3.63, 3.8) is 0 Å². The van der Waals surface area contributed by atoms with Crippen LogP contribution in [0.4, 0.5) is 0 Å². The van der Waals surface area contributed by atoms with Gasteiger partial charge in [0, 0.05) is 16.0 Å². The van der Waals surface area contributed by atoms with Crippen molar-refractivity contribution in [3.8, 4) is 5.75 Å². The van der Waals surface area contributed by atoms with E-state index in [1.54, 1.807) is 19.2 Å². The molecule has 0 amide bonds. The summed E-state index contributed by atoms with van der Waals surface area (Å²) < 4.78 is 6.47. The maximum atomic E-state index is 12.7. The fraction of sp³-hybridized carbons (Fsp3) is 0.167. The molecule has 0 bridgehead atoms. The summed E-state index contributed by atoms with van der Waals surface area (Å²) >= 11 is 6.05. The highest BCUT2D eigenvalue weighted by Gasteiger charge is 2.12. The third-order valence-electron chi connectivity index (χ3n) is 3.81. The Morgan fingerprint density at radius 1 is 1.21 bits per heavy atom. The summed E-state index contributed by atoms with van der Waals surface area (Å²) in [6.07, 6.45) is 1.54. The molecule has 0 spiro atoms. The molecular formula is C18H15ClN2O3. The molecule has 0 fully saturated rings. The Morgan fingerprint density at radius 3 is 2.54 bits per heavy atom. The van der Waals surface area contributed by atoms with Gasteiger partial charge in [-0.1, -0.05) is 23.7 Å². The van der Waals surface area contributed by atoms with Crippen molar-refractivity contribution in [2.45, 2.75) is 13.5 Å². The van der Waals surface area contributed by atoms with Gasteiger partial charge < -0.3 is 4.74 Å². The van der Waals surface area contributed by atoms with Crippen LogP contribution in [-0.4, -0.2) is 22.7 Å². The Kier molecular flexibility index (Phi) is 4.36. The highest BCUT2D eigenvalue weighted by molar-refractivity contribution is 6.32. The van der Waals surface area contributed by atoms with E-state index in [9.17, 15) is 9.59 Å². The van der Waals surface area contributed by atoms with Gasteiger partial charge in [-0.2, -0.15) is 5.10 Å². The number of hydrogen-bond acceptors (Lipinski definition) is 4. The van der Waals surface area contributed by atoms with Crippen LogP contribution < -0.4 is 10.3 Å². The van der Waals surface area contributed by atoms with E-state index in [0.717, 1.165) is 11.3 Å². The molecule has 24 heavy (non-hydrogen) atoms. The Morgan fingerprint density at radius 2 is 1.92 bits per heavy atom. The van der Waals surface area contributed by atoms with Crippen molar-refractivity contribution in [1.29, 1.82) is 0 Å². The lowest BCUT2D eigenvalue weighted by Crippen LogP contribution is -2.23. The second-order valence-corrected chi connectivity index (χ2v) is 5.86. The number of carbonyl (C=O) groups excluding carboxylic acids is 1. The van der Waals surface area contributed by atoms with Gasteiger partial charge in [0.05, 0.1) is 25.2 Å². The Hall–Kier alpha value is -2.66. The van der Waals surface area contributed by atoms with Crippen LogP contribution >= 0.6 is 11.6 Å². The Labute approximate surface area is 143 Å². The lowest BCUT2D eigenvalue weighted by molar-refractivity contribution is 0.101. The summed E-state index contributed by atoms with van der Waals surface area (Å²) in [4.78, 5) is 24.4. The first-order valence-corrected chi connectivity index (χ1v) is 7.70. The highest BCUT2D eigenvalue weighted by atomic mass is 35.5. The minimum absolute atomic E-state index is 0.156. The summed E-state index contributed by atoms with van der Waals surface area (Å²) in [5.41, 5.74) is 1.03. The monoisotopic (exact) mass is 342 g/mol. The van der Waals surface area contributed by atoms with Crippen molar-refractivity contribution in [3.05, 3.63) is 69.1 Å². The number of halogens is 1. The van der Waals surface area contributed by atoms with Crippen LogP contribution in [-0.2, 0) is 6.54 Å². The van der Waals surface area contributed by atoms with Crippen LogP contribution in [0.25, 0.3) is 10.8 Å². The van der Waals surface area contributed by atoms with Gasteiger partial charge in [0.15, 0.2) is 5.78 Å². The highest BCUT2D eigenvalue weighted by Crippen LogP contribution is 2.22. The normalized spacial score (nSPS) is 10.8. The van der Waals surface area contributed by atoms with Gasteiger partial charge in [0.1, 0.15) is 5.75 Å². The SMILES string of the molecule is COc1ccc(Cn2ncc3c(C(C)=O)cc(Cl)cc3c2=O)cc1. The second kappa shape index (κ2) is 6.45. The van der Waals surface area contributed by atoms with E-state index in [2.05, 4.69) is 5.10 Å². The molecule has 0 aliphatic carbocycles. The van der Waals surface area contributed by atoms with Gasteiger partial charge in [-0.05, 0) is 36.8 Å². The minimum Gasteiger partial charge on any atom is -0.497 e.